The van der Waals surface area contributed by atoms with Crippen molar-refractivity contribution in [2.75, 3.05) is 0 Å². The van der Waals surface area contributed by atoms with Gasteiger partial charge < -0.3 is 9.84 Å². The Kier molecular flexibility index (Phi) is 2.48. The van der Waals surface area contributed by atoms with Crippen LogP contribution in [0.4, 0.5) is 0 Å². The molecular formula is C9H8O3. The Labute approximate surface area is 69.9 Å². The van der Waals surface area contributed by atoms with E-state index in [9.17, 15) is 4.79 Å². The molecule has 1 aromatic carbocycles. The molecule has 1 N–H and O–H groups in total. The van der Waals surface area contributed by atoms with Crippen LogP contribution < -0.4 is 4.74 Å². The number of phenols is 1. The molecule has 0 spiro atoms. The van der Waals surface area contributed by atoms with Crippen LogP contribution in [0, 0.1) is 0 Å². The van der Waals surface area contributed by atoms with Gasteiger partial charge in [0.2, 0.25) is 0 Å². The lowest BCUT2D eigenvalue weighted by Crippen LogP contribution is -1.87. The number of carbonyl (C=O) groups excluding carboxylic acids is 1. The molecule has 0 heterocycles. The number of benzene rings is 1. The maximum Gasteiger partial charge on any atom is 0.153 e. The summed E-state index contributed by atoms with van der Waals surface area (Å²) < 4.78 is 4.88. The molecule has 0 saturated heterocycles. The minimum Gasteiger partial charge on any atom is -0.508 e. The molecule has 0 unspecified atom stereocenters. The standard InChI is InChI=1S/C9H8O3/c1-2-12-9-5-8(11)4-3-7(9)6-10/h2-6,11H,1H2. The molecule has 0 amide bonds. The van der Waals surface area contributed by atoms with E-state index in [-0.39, 0.29) is 5.75 Å². The summed E-state index contributed by atoms with van der Waals surface area (Å²) in [5.41, 5.74) is 0.382. The molecule has 0 aliphatic carbocycles. The molecule has 0 fully saturated rings. The fraction of sp³-hybridized carbons (Fsp3) is 0. The van der Waals surface area contributed by atoms with Crippen molar-refractivity contribution in [1.29, 1.82) is 0 Å². The number of hydrogen-bond donors (Lipinski definition) is 1. The van der Waals surface area contributed by atoms with Crippen LogP contribution in [0.3, 0.4) is 0 Å². The minimum absolute atomic E-state index is 0.0532. The van der Waals surface area contributed by atoms with Crippen LogP contribution in [0.2, 0.25) is 0 Å². The summed E-state index contributed by atoms with van der Waals surface area (Å²) in [6.07, 6.45) is 1.85. The highest BCUT2D eigenvalue weighted by molar-refractivity contribution is 5.79. The van der Waals surface area contributed by atoms with Crippen molar-refractivity contribution in [3.8, 4) is 11.5 Å². The van der Waals surface area contributed by atoms with E-state index < -0.39 is 0 Å². The van der Waals surface area contributed by atoms with Gasteiger partial charge in [-0.15, -0.1) is 0 Å². The van der Waals surface area contributed by atoms with Crippen molar-refractivity contribution in [3.63, 3.8) is 0 Å². The second-order valence-electron chi connectivity index (χ2n) is 2.12. The summed E-state index contributed by atoms with van der Waals surface area (Å²) in [5.74, 6) is 0.359. The SMILES string of the molecule is C=COc1cc(O)ccc1C=O. The van der Waals surface area contributed by atoms with Gasteiger partial charge in [0.1, 0.15) is 11.5 Å². The maximum atomic E-state index is 10.4. The first-order valence-electron chi connectivity index (χ1n) is 3.33. The Morgan fingerprint density at radius 3 is 2.83 bits per heavy atom. The lowest BCUT2D eigenvalue weighted by Gasteiger charge is -2.02. The van der Waals surface area contributed by atoms with E-state index in [0.29, 0.717) is 17.6 Å². The van der Waals surface area contributed by atoms with Crippen molar-refractivity contribution < 1.29 is 14.6 Å². The number of aldehydes is 1. The smallest absolute Gasteiger partial charge is 0.153 e. The Morgan fingerprint density at radius 2 is 2.25 bits per heavy atom. The van der Waals surface area contributed by atoms with E-state index in [1.807, 2.05) is 0 Å². The van der Waals surface area contributed by atoms with Gasteiger partial charge in [-0.25, -0.2) is 0 Å². The molecule has 62 valence electrons. The summed E-state index contributed by atoms with van der Waals surface area (Å²) in [4.78, 5) is 10.4. The fourth-order valence-corrected chi connectivity index (χ4v) is 0.812. The van der Waals surface area contributed by atoms with Gasteiger partial charge in [0.15, 0.2) is 6.29 Å². The monoisotopic (exact) mass is 164 g/mol. The topological polar surface area (TPSA) is 46.5 Å². The lowest BCUT2D eigenvalue weighted by atomic mass is 10.2. The van der Waals surface area contributed by atoms with Crippen LogP contribution in [-0.2, 0) is 0 Å². The Bertz CT molecular complexity index is 305. The van der Waals surface area contributed by atoms with Crippen LogP contribution in [0.15, 0.2) is 31.0 Å². The molecule has 12 heavy (non-hydrogen) atoms. The zero-order chi connectivity index (χ0) is 8.97. The highest BCUT2D eigenvalue weighted by Crippen LogP contribution is 2.22. The molecule has 0 aliphatic heterocycles. The van der Waals surface area contributed by atoms with Crippen molar-refractivity contribution in [3.05, 3.63) is 36.6 Å². The summed E-state index contributed by atoms with van der Waals surface area (Å²) >= 11 is 0. The molecule has 0 saturated carbocycles. The Hall–Kier alpha value is -1.77. The largest absolute Gasteiger partial charge is 0.508 e. The van der Waals surface area contributed by atoms with E-state index in [2.05, 4.69) is 6.58 Å². The minimum atomic E-state index is 0.0532. The second-order valence-corrected chi connectivity index (χ2v) is 2.12. The quantitative estimate of drug-likeness (QED) is 0.546. The van der Waals surface area contributed by atoms with Gasteiger partial charge in [-0.1, -0.05) is 6.58 Å². The van der Waals surface area contributed by atoms with E-state index in [4.69, 9.17) is 9.84 Å². The van der Waals surface area contributed by atoms with E-state index in [1.165, 1.54) is 24.5 Å². The van der Waals surface area contributed by atoms with Gasteiger partial charge in [0, 0.05) is 6.07 Å². The van der Waals surface area contributed by atoms with Crippen LogP contribution >= 0.6 is 0 Å². The summed E-state index contributed by atoms with van der Waals surface area (Å²) in [7, 11) is 0. The van der Waals surface area contributed by atoms with E-state index >= 15 is 0 Å². The highest BCUT2D eigenvalue weighted by atomic mass is 16.5. The van der Waals surface area contributed by atoms with Crippen molar-refractivity contribution in [2.45, 2.75) is 0 Å². The van der Waals surface area contributed by atoms with Crippen molar-refractivity contribution >= 4 is 6.29 Å². The summed E-state index contributed by atoms with van der Waals surface area (Å²) in [5, 5.41) is 9.03. The van der Waals surface area contributed by atoms with Crippen LogP contribution in [-0.4, -0.2) is 11.4 Å². The number of rotatable bonds is 3. The molecule has 0 atom stereocenters. The number of aromatic hydroxyl groups is 1. The summed E-state index contributed by atoms with van der Waals surface area (Å²) in [6, 6.07) is 4.24. The van der Waals surface area contributed by atoms with Crippen molar-refractivity contribution in [2.24, 2.45) is 0 Å². The molecule has 1 rings (SSSR count). The average molecular weight is 164 g/mol. The Morgan fingerprint density at radius 1 is 1.50 bits per heavy atom. The predicted molar refractivity (Wildman–Crippen MR) is 44.3 cm³/mol. The maximum absolute atomic E-state index is 10.4. The van der Waals surface area contributed by atoms with Gasteiger partial charge in [-0.3, -0.25) is 4.79 Å². The molecule has 0 bridgehead atoms. The van der Waals surface area contributed by atoms with E-state index in [0.717, 1.165) is 0 Å². The van der Waals surface area contributed by atoms with Crippen molar-refractivity contribution in [1.82, 2.24) is 0 Å². The van der Waals surface area contributed by atoms with Gasteiger partial charge in [-0.05, 0) is 12.1 Å². The van der Waals surface area contributed by atoms with Gasteiger partial charge in [-0.2, -0.15) is 0 Å². The third-order valence-electron chi connectivity index (χ3n) is 1.33. The fourth-order valence-electron chi connectivity index (χ4n) is 0.812. The highest BCUT2D eigenvalue weighted by Gasteiger charge is 2.01. The van der Waals surface area contributed by atoms with Crippen LogP contribution in [0.25, 0.3) is 0 Å². The average Bonchev–Trinajstić information content (AvgIpc) is 2.05. The molecule has 1 aromatic rings. The van der Waals surface area contributed by atoms with Crippen LogP contribution in [0.1, 0.15) is 10.4 Å². The zero-order valence-corrected chi connectivity index (χ0v) is 6.36. The second kappa shape index (κ2) is 3.57. The van der Waals surface area contributed by atoms with Gasteiger partial charge in [0.05, 0.1) is 11.8 Å². The Balaban J connectivity index is 3.11. The van der Waals surface area contributed by atoms with E-state index in [1.54, 1.807) is 0 Å². The van der Waals surface area contributed by atoms with Gasteiger partial charge >= 0.3 is 0 Å². The van der Waals surface area contributed by atoms with Crippen LogP contribution in [0.5, 0.6) is 11.5 Å². The molecule has 0 radical (unpaired) electrons. The predicted octanol–water partition coefficient (Wildman–Crippen LogP) is 1.73. The number of hydrogen-bond acceptors (Lipinski definition) is 3. The first-order chi connectivity index (χ1) is 5.77. The van der Waals surface area contributed by atoms with Gasteiger partial charge in [0.25, 0.3) is 0 Å². The number of carbonyl (C=O) groups is 1. The molecule has 0 aliphatic rings. The third-order valence-corrected chi connectivity index (χ3v) is 1.33. The molecule has 0 aromatic heterocycles. The number of phenolic OH excluding ortho intramolecular Hbond substituents is 1. The third kappa shape index (κ3) is 1.63. The summed E-state index contributed by atoms with van der Waals surface area (Å²) in [6.45, 7) is 3.34. The lowest BCUT2D eigenvalue weighted by molar-refractivity contribution is 0.112. The zero-order valence-electron chi connectivity index (χ0n) is 6.36. The first kappa shape index (κ1) is 8.33. The molecule has 3 nitrogen and oxygen atoms in total. The molecule has 3 heteroatoms. The number of ether oxygens (including phenoxy) is 1. The molecular weight excluding hydrogens is 156 g/mol. The first-order valence-corrected chi connectivity index (χ1v) is 3.33. The normalized spacial score (nSPS) is 9.00.